The second-order valence-electron chi connectivity index (χ2n) is 8.75. The summed E-state index contributed by atoms with van der Waals surface area (Å²) in [4.78, 5) is 41.2. The molecule has 0 radical (unpaired) electrons. The van der Waals surface area contributed by atoms with Crippen LogP contribution in [0.2, 0.25) is 0 Å². The van der Waals surface area contributed by atoms with Gasteiger partial charge in [0.05, 0.1) is 17.8 Å². The third kappa shape index (κ3) is 5.32. The molecule has 10 heteroatoms. The Kier molecular flexibility index (Phi) is 7.83. The summed E-state index contributed by atoms with van der Waals surface area (Å²) in [6.07, 6.45) is 0.773. The molecule has 2 saturated heterocycles. The van der Waals surface area contributed by atoms with Crippen LogP contribution in [0.15, 0.2) is 48.5 Å². The number of urea groups is 1. The van der Waals surface area contributed by atoms with Gasteiger partial charge in [-0.05, 0) is 54.8 Å². The Bertz CT molecular complexity index is 1140. The number of nitriles is 1. The van der Waals surface area contributed by atoms with Gasteiger partial charge in [-0.25, -0.2) is 4.79 Å². The van der Waals surface area contributed by atoms with E-state index in [9.17, 15) is 14.4 Å². The van der Waals surface area contributed by atoms with Gasteiger partial charge in [0.25, 0.3) is 11.8 Å². The van der Waals surface area contributed by atoms with Crippen LogP contribution in [0.3, 0.4) is 0 Å². The van der Waals surface area contributed by atoms with Gasteiger partial charge in [0, 0.05) is 18.8 Å². The fraction of sp³-hybridized carbons (Fsp3) is 0.385. The van der Waals surface area contributed by atoms with E-state index >= 15 is 0 Å². The topological polar surface area (TPSA) is 127 Å². The highest BCUT2D eigenvalue weighted by Gasteiger charge is 2.50. The molecule has 3 N–H and O–H groups in total. The lowest BCUT2D eigenvalue weighted by Crippen LogP contribution is -2.67. The van der Waals surface area contributed by atoms with Crippen LogP contribution in [-0.4, -0.2) is 59.5 Å². The van der Waals surface area contributed by atoms with E-state index in [0.717, 1.165) is 12.0 Å². The number of ether oxygens (including phenoxy) is 1. The summed E-state index contributed by atoms with van der Waals surface area (Å²) < 4.78 is 5.60. The smallest absolute Gasteiger partial charge is 0.328 e. The van der Waals surface area contributed by atoms with E-state index in [1.807, 2.05) is 32.0 Å². The molecular weight excluding hydrogens is 460 g/mol. The molecule has 2 aromatic rings. The summed E-state index contributed by atoms with van der Waals surface area (Å²) >= 11 is 0. The van der Waals surface area contributed by atoms with Crippen molar-refractivity contribution < 1.29 is 19.1 Å². The number of rotatable bonds is 9. The van der Waals surface area contributed by atoms with Gasteiger partial charge in [-0.2, -0.15) is 5.26 Å². The maximum atomic E-state index is 13.0. The third-order valence-corrected chi connectivity index (χ3v) is 6.14. The SMILES string of the molecule is CCCN1C(=O)C2NC(c3ccc(OCC(=O)Nc4ccc(C#N)cc4)cc3)NC2N(CCC)C1=O. The van der Waals surface area contributed by atoms with Gasteiger partial charge in [0.1, 0.15) is 18.0 Å². The first kappa shape index (κ1) is 25.2. The van der Waals surface area contributed by atoms with Gasteiger partial charge < -0.3 is 15.0 Å². The largest absolute Gasteiger partial charge is 0.484 e. The lowest BCUT2D eigenvalue weighted by atomic mass is 10.1. The second kappa shape index (κ2) is 11.2. The summed E-state index contributed by atoms with van der Waals surface area (Å²) in [6.45, 7) is 4.75. The molecule has 2 heterocycles. The standard InChI is InChI=1S/C26H30N6O4/c1-3-13-31-24-22(25(34)32(14-4-2)26(31)35)29-23(30-24)18-7-11-20(12-8-18)36-16-21(33)28-19-9-5-17(15-27)6-10-19/h5-12,22-24,29-30H,3-4,13-14,16H2,1-2H3,(H,28,33). The van der Waals surface area contributed by atoms with Gasteiger partial charge in [0.2, 0.25) is 0 Å². The average molecular weight is 491 g/mol. The number of anilines is 1. The van der Waals surface area contributed by atoms with Crippen molar-refractivity contribution in [2.75, 3.05) is 25.0 Å². The minimum atomic E-state index is -0.521. The van der Waals surface area contributed by atoms with E-state index in [1.54, 1.807) is 41.3 Å². The van der Waals surface area contributed by atoms with E-state index in [0.29, 0.717) is 36.5 Å². The normalized spacial score (nSPS) is 21.2. The molecule has 0 bridgehead atoms. The Balaban J connectivity index is 1.36. The van der Waals surface area contributed by atoms with E-state index in [2.05, 4.69) is 16.0 Å². The zero-order valence-electron chi connectivity index (χ0n) is 20.4. The molecule has 3 unspecified atom stereocenters. The Labute approximate surface area is 210 Å². The number of hydrogen-bond acceptors (Lipinski definition) is 7. The van der Waals surface area contributed by atoms with Crippen molar-refractivity contribution in [2.24, 2.45) is 0 Å². The van der Waals surface area contributed by atoms with Gasteiger partial charge in [-0.15, -0.1) is 0 Å². The molecule has 0 aliphatic carbocycles. The zero-order valence-corrected chi connectivity index (χ0v) is 20.4. The number of nitrogens with zero attached hydrogens (tertiary/aromatic N) is 3. The lowest BCUT2D eigenvalue weighted by molar-refractivity contribution is -0.135. The monoisotopic (exact) mass is 490 g/mol. The predicted molar refractivity (Wildman–Crippen MR) is 133 cm³/mol. The fourth-order valence-electron chi connectivity index (χ4n) is 4.43. The van der Waals surface area contributed by atoms with Crippen LogP contribution in [0.4, 0.5) is 10.5 Å². The van der Waals surface area contributed by atoms with E-state index in [4.69, 9.17) is 10.00 Å². The van der Waals surface area contributed by atoms with Gasteiger partial charge in [-0.3, -0.25) is 25.1 Å². The average Bonchev–Trinajstić information content (AvgIpc) is 3.34. The molecule has 2 aromatic carbocycles. The maximum Gasteiger partial charge on any atom is 0.328 e. The number of benzene rings is 2. The molecule has 4 amide bonds. The Morgan fingerprint density at radius 3 is 2.36 bits per heavy atom. The highest BCUT2D eigenvalue weighted by Crippen LogP contribution is 2.28. The minimum Gasteiger partial charge on any atom is -0.484 e. The van der Waals surface area contributed by atoms with Crippen LogP contribution in [-0.2, 0) is 9.59 Å². The van der Waals surface area contributed by atoms with Gasteiger partial charge >= 0.3 is 6.03 Å². The van der Waals surface area contributed by atoms with Crippen molar-refractivity contribution >= 4 is 23.5 Å². The van der Waals surface area contributed by atoms with Crippen LogP contribution < -0.4 is 20.7 Å². The highest BCUT2D eigenvalue weighted by molar-refractivity contribution is 6.00. The van der Waals surface area contributed by atoms with E-state index in [-0.39, 0.29) is 30.6 Å². The quantitative estimate of drug-likeness (QED) is 0.493. The first-order chi connectivity index (χ1) is 17.4. The first-order valence-electron chi connectivity index (χ1n) is 12.1. The number of hydrogen-bond donors (Lipinski definition) is 3. The van der Waals surface area contributed by atoms with Crippen molar-refractivity contribution in [3.8, 4) is 11.8 Å². The first-order valence-corrected chi connectivity index (χ1v) is 12.1. The number of amides is 4. The lowest BCUT2D eigenvalue weighted by Gasteiger charge is -2.41. The highest BCUT2D eigenvalue weighted by atomic mass is 16.5. The molecule has 2 fully saturated rings. The number of carbonyl (C=O) groups excluding carboxylic acids is 3. The summed E-state index contributed by atoms with van der Waals surface area (Å²) in [6, 6.07) is 15.1. The zero-order chi connectivity index (χ0) is 25.7. The number of imide groups is 1. The summed E-state index contributed by atoms with van der Waals surface area (Å²) in [5.74, 6) is 0.00220. The summed E-state index contributed by atoms with van der Waals surface area (Å²) in [5, 5.41) is 18.3. The molecule has 4 rings (SSSR count). The van der Waals surface area contributed by atoms with Crippen LogP contribution in [0.5, 0.6) is 5.75 Å². The van der Waals surface area contributed by atoms with Crippen LogP contribution >= 0.6 is 0 Å². The molecule has 36 heavy (non-hydrogen) atoms. The van der Waals surface area contributed by atoms with Crippen LogP contribution in [0.1, 0.15) is 44.0 Å². The molecular formula is C26H30N6O4. The molecule has 2 aliphatic rings. The Morgan fingerprint density at radius 1 is 1.03 bits per heavy atom. The summed E-state index contributed by atoms with van der Waals surface area (Å²) in [5.41, 5.74) is 1.99. The van der Waals surface area contributed by atoms with E-state index in [1.165, 1.54) is 4.90 Å². The maximum absolute atomic E-state index is 13.0. The van der Waals surface area contributed by atoms with Crippen molar-refractivity contribution in [1.29, 1.82) is 5.26 Å². The molecule has 188 valence electrons. The molecule has 0 saturated carbocycles. The molecule has 2 aliphatic heterocycles. The molecule has 0 aromatic heterocycles. The Morgan fingerprint density at radius 2 is 1.72 bits per heavy atom. The minimum absolute atomic E-state index is 0.167. The summed E-state index contributed by atoms with van der Waals surface area (Å²) in [7, 11) is 0. The van der Waals surface area contributed by atoms with Crippen molar-refractivity contribution in [1.82, 2.24) is 20.4 Å². The van der Waals surface area contributed by atoms with Crippen molar-refractivity contribution in [2.45, 2.75) is 45.1 Å². The van der Waals surface area contributed by atoms with Crippen molar-refractivity contribution in [3.05, 3.63) is 59.7 Å². The Hall–Kier alpha value is -3.94. The number of nitrogens with one attached hydrogen (secondary N) is 3. The number of fused-ring (bicyclic) bond motifs is 1. The van der Waals surface area contributed by atoms with Crippen LogP contribution in [0, 0.1) is 11.3 Å². The number of carbonyl (C=O) groups is 3. The molecule has 10 nitrogen and oxygen atoms in total. The van der Waals surface area contributed by atoms with Crippen molar-refractivity contribution in [3.63, 3.8) is 0 Å². The molecule has 0 spiro atoms. The third-order valence-electron chi connectivity index (χ3n) is 6.14. The molecule has 3 atom stereocenters. The fourth-order valence-corrected chi connectivity index (χ4v) is 4.43. The van der Waals surface area contributed by atoms with Gasteiger partial charge in [0.15, 0.2) is 6.61 Å². The van der Waals surface area contributed by atoms with Crippen LogP contribution in [0.25, 0.3) is 0 Å². The predicted octanol–water partition coefficient (Wildman–Crippen LogP) is 2.55. The van der Waals surface area contributed by atoms with Gasteiger partial charge in [-0.1, -0.05) is 26.0 Å². The second-order valence-corrected chi connectivity index (χ2v) is 8.75. The van der Waals surface area contributed by atoms with E-state index < -0.39 is 12.2 Å².